The lowest BCUT2D eigenvalue weighted by Gasteiger charge is -2.24. The zero-order valence-corrected chi connectivity index (χ0v) is 13.1. The van der Waals surface area contributed by atoms with E-state index in [2.05, 4.69) is 4.90 Å². The number of aliphatic hydroxyl groups is 1. The molecule has 3 nitrogen and oxygen atoms in total. The average molecular weight is 315 g/mol. The van der Waals surface area contributed by atoms with Crippen molar-refractivity contribution in [1.82, 2.24) is 4.90 Å². The van der Waals surface area contributed by atoms with Crippen molar-refractivity contribution >= 4 is 0 Å². The first kappa shape index (κ1) is 16.0. The summed E-state index contributed by atoms with van der Waals surface area (Å²) in [6.45, 7) is 2.71. The van der Waals surface area contributed by atoms with E-state index < -0.39 is 5.60 Å². The van der Waals surface area contributed by atoms with Gasteiger partial charge in [-0.15, -0.1) is 0 Å². The first-order chi connectivity index (χ1) is 11.1. The number of benzene rings is 2. The van der Waals surface area contributed by atoms with Gasteiger partial charge in [0.1, 0.15) is 18.2 Å². The molecule has 122 valence electrons. The largest absolute Gasteiger partial charge is 0.492 e. The van der Waals surface area contributed by atoms with E-state index in [9.17, 15) is 9.50 Å². The molecule has 4 heteroatoms. The van der Waals surface area contributed by atoms with Gasteiger partial charge in [-0.25, -0.2) is 4.39 Å². The molecule has 2 aromatic rings. The molecule has 1 N–H and O–H groups in total. The zero-order valence-electron chi connectivity index (χ0n) is 13.1. The molecule has 1 saturated heterocycles. The Morgan fingerprint density at radius 3 is 2.61 bits per heavy atom. The molecule has 3 rings (SSSR count). The third kappa shape index (κ3) is 4.30. The fraction of sp³-hybridized carbons (Fsp3) is 0.368. The first-order valence-electron chi connectivity index (χ1n) is 8.01. The summed E-state index contributed by atoms with van der Waals surface area (Å²) < 4.78 is 19.4. The van der Waals surface area contributed by atoms with Crippen LogP contribution in [0.1, 0.15) is 12.0 Å². The topological polar surface area (TPSA) is 32.7 Å². The maximum absolute atomic E-state index is 13.8. The Labute approximate surface area is 136 Å². The van der Waals surface area contributed by atoms with E-state index in [1.807, 2.05) is 36.4 Å². The Kier molecular flexibility index (Phi) is 4.94. The van der Waals surface area contributed by atoms with Crippen LogP contribution in [0.15, 0.2) is 54.6 Å². The summed E-state index contributed by atoms with van der Waals surface area (Å²) in [5.41, 5.74) is -0.271. The van der Waals surface area contributed by atoms with Crippen molar-refractivity contribution in [3.63, 3.8) is 0 Å². The molecule has 1 atom stereocenters. The van der Waals surface area contributed by atoms with Gasteiger partial charge in [0.05, 0.1) is 5.60 Å². The van der Waals surface area contributed by atoms with Crippen molar-refractivity contribution in [3.05, 3.63) is 66.0 Å². The van der Waals surface area contributed by atoms with Crippen LogP contribution < -0.4 is 4.74 Å². The highest BCUT2D eigenvalue weighted by Gasteiger charge is 2.36. The Morgan fingerprint density at radius 1 is 1.09 bits per heavy atom. The number of hydrogen-bond donors (Lipinski definition) is 1. The van der Waals surface area contributed by atoms with Crippen LogP contribution in [0.25, 0.3) is 0 Å². The minimum atomic E-state index is -0.852. The van der Waals surface area contributed by atoms with Crippen LogP contribution in [-0.4, -0.2) is 41.8 Å². The predicted octanol–water partition coefficient (Wildman–Crippen LogP) is 2.88. The van der Waals surface area contributed by atoms with Gasteiger partial charge in [0.25, 0.3) is 0 Å². The average Bonchev–Trinajstić information content (AvgIpc) is 2.92. The molecular weight excluding hydrogens is 293 g/mol. The molecule has 1 aliphatic rings. The van der Waals surface area contributed by atoms with Crippen molar-refractivity contribution in [2.24, 2.45) is 0 Å². The van der Waals surface area contributed by atoms with Crippen molar-refractivity contribution < 1.29 is 14.2 Å². The summed E-state index contributed by atoms with van der Waals surface area (Å²) in [6, 6.07) is 16.4. The van der Waals surface area contributed by atoms with E-state index in [0.29, 0.717) is 31.6 Å². The lowest BCUT2D eigenvalue weighted by atomic mass is 9.93. The standard InChI is InChI=1S/C19H22FNO2/c20-18-9-5-4-6-16(18)14-19(22)10-11-21(15-19)12-13-23-17-7-2-1-3-8-17/h1-9,22H,10-15H2. The second-order valence-electron chi connectivity index (χ2n) is 6.18. The highest BCUT2D eigenvalue weighted by Crippen LogP contribution is 2.26. The highest BCUT2D eigenvalue weighted by atomic mass is 19.1. The number of rotatable bonds is 6. The Morgan fingerprint density at radius 2 is 1.83 bits per heavy atom. The third-order valence-corrected chi connectivity index (χ3v) is 4.31. The summed E-state index contributed by atoms with van der Waals surface area (Å²) >= 11 is 0. The van der Waals surface area contributed by atoms with Gasteiger partial charge in [-0.2, -0.15) is 0 Å². The van der Waals surface area contributed by atoms with Gasteiger partial charge in [-0.05, 0) is 30.2 Å². The fourth-order valence-electron chi connectivity index (χ4n) is 3.08. The number of halogens is 1. The van der Waals surface area contributed by atoms with Gasteiger partial charge in [0, 0.05) is 26.1 Å². The summed E-state index contributed by atoms with van der Waals surface area (Å²) in [5.74, 6) is 0.611. The fourth-order valence-corrected chi connectivity index (χ4v) is 3.08. The third-order valence-electron chi connectivity index (χ3n) is 4.31. The van der Waals surface area contributed by atoms with Crippen molar-refractivity contribution in [1.29, 1.82) is 0 Å². The maximum atomic E-state index is 13.8. The van der Waals surface area contributed by atoms with E-state index in [1.165, 1.54) is 6.07 Å². The Bertz CT molecular complexity index is 634. The molecule has 23 heavy (non-hydrogen) atoms. The smallest absolute Gasteiger partial charge is 0.126 e. The predicted molar refractivity (Wildman–Crippen MR) is 88.0 cm³/mol. The van der Waals surface area contributed by atoms with Gasteiger partial charge in [0.15, 0.2) is 0 Å². The number of ether oxygens (including phenoxy) is 1. The molecule has 2 aromatic carbocycles. The van der Waals surface area contributed by atoms with Crippen molar-refractivity contribution in [2.75, 3.05) is 26.2 Å². The van der Waals surface area contributed by atoms with E-state index in [4.69, 9.17) is 4.74 Å². The van der Waals surface area contributed by atoms with Crippen molar-refractivity contribution in [3.8, 4) is 5.75 Å². The van der Waals surface area contributed by atoms with Gasteiger partial charge >= 0.3 is 0 Å². The Balaban J connectivity index is 1.48. The van der Waals surface area contributed by atoms with Gasteiger partial charge < -0.3 is 9.84 Å². The van der Waals surface area contributed by atoms with Gasteiger partial charge in [-0.3, -0.25) is 4.90 Å². The molecule has 0 spiro atoms. The monoisotopic (exact) mass is 315 g/mol. The Hall–Kier alpha value is -1.91. The lowest BCUT2D eigenvalue weighted by molar-refractivity contribution is 0.0474. The molecule has 0 amide bonds. The number of hydrogen-bond acceptors (Lipinski definition) is 3. The molecular formula is C19H22FNO2. The van der Waals surface area contributed by atoms with Crippen LogP contribution in [0.2, 0.25) is 0 Å². The minimum absolute atomic E-state index is 0.244. The van der Waals surface area contributed by atoms with Gasteiger partial charge in [-0.1, -0.05) is 36.4 Å². The van der Waals surface area contributed by atoms with E-state index >= 15 is 0 Å². The number of likely N-dealkylation sites (tertiary alicyclic amines) is 1. The lowest BCUT2D eigenvalue weighted by Crippen LogP contribution is -2.36. The second-order valence-corrected chi connectivity index (χ2v) is 6.18. The van der Waals surface area contributed by atoms with Gasteiger partial charge in [0.2, 0.25) is 0 Å². The van der Waals surface area contributed by atoms with Crippen LogP contribution >= 0.6 is 0 Å². The summed E-state index contributed by atoms with van der Waals surface area (Å²) in [7, 11) is 0. The van der Waals surface area contributed by atoms with Crippen LogP contribution in [0.5, 0.6) is 5.75 Å². The first-order valence-corrected chi connectivity index (χ1v) is 8.01. The van der Waals surface area contributed by atoms with E-state index in [-0.39, 0.29) is 5.82 Å². The van der Waals surface area contributed by atoms with Crippen LogP contribution in [-0.2, 0) is 6.42 Å². The summed E-state index contributed by atoms with van der Waals surface area (Å²) in [4.78, 5) is 2.17. The summed E-state index contributed by atoms with van der Waals surface area (Å²) in [6.07, 6.45) is 1.02. The zero-order chi connectivity index (χ0) is 16.1. The highest BCUT2D eigenvalue weighted by molar-refractivity contribution is 5.21. The molecule has 0 aromatic heterocycles. The van der Waals surface area contributed by atoms with Crippen LogP contribution in [0.4, 0.5) is 4.39 Å². The SMILES string of the molecule is OC1(Cc2ccccc2F)CCN(CCOc2ccccc2)C1. The number of β-amino-alcohol motifs (C(OH)–C–C–N with tert-alkyl or cyclic N) is 1. The molecule has 1 fully saturated rings. The molecule has 0 bridgehead atoms. The molecule has 0 radical (unpaired) electrons. The molecule has 1 aliphatic heterocycles. The summed E-state index contributed by atoms with van der Waals surface area (Å²) in [5, 5.41) is 10.7. The van der Waals surface area contributed by atoms with Crippen LogP contribution in [0.3, 0.4) is 0 Å². The van der Waals surface area contributed by atoms with E-state index in [0.717, 1.165) is 18.8 Å². The molecule has 1 unspecified atom stereocenters. The maximum Gasteiger partial charge on any atom is 0.126 e. The minimum Gasteiger partial charge on any atom is -0.492 e. The number of nitrogens with zero attached hydrogens (tertiary/aromatic N) is 1. The second kappa shape index (κ2) is 7.11. The molecule has 0 saturated carbocycles. The normalized spacial score (nSPS) is 21.5. The van der Waals surface area contributed by atoms with E-state index in [1.54, 1.807) is 12.1 Å². The quantitative estimate of drug-likeness (QED) is 0.890. The number of para-hydroxylation sites is 1. The van der Waals surface area contributed by atoms with Crippen molar-refractivity contribution in [2.45, 2.75) is 18.4 Å². The molecule has 1 heterocycles. The van der Waals surface area contributed by atoms with Crippen LogP contribution in [0, 0.1) is 5.82 Å². The molecule has 0 aliphatic carbocycles.